The predicted molar refractivity (Wildman–Crippen MR) is 64.4 cm³/mol. The second-order valence-electron chi connectivity index (χ2n) is 5.07. The molecule has 0 aromatic heterocycles. The Kier molecular flexibility index (Phi) is 4.93. The van der Waals surface area contributed by atoms with Gasteiger partial charge in [0.15, 0.2) is 0 Å². The van der Waals surface area contributed by atoms with Gasteiger partial charge in [0.2, 0.25) is 5.91 Å². The number of carbonyl (C=O) groups excluding carboxylic acids is 1. The van der Waals surface area contributed by atoms with E-state index in [0.717, 1.165) is 25.7 Å². The summed E-state index contributed by atoms with van der Waals surface area (Å²) < 4.78 is 0. The van der Waals surface area contributed by atoms with Crippen LogP contribution in [-0.4, -0.2) is 40.5 Å². The Morgan fingerprint density at radius 2 is 1.88 bits per heavy atom. The van der Waals surface area contributed by atoms with Crippen LogP contribution in [0.4, 0.5) is 0 Å². The molecule has 1 saturated carbocycles. The molecule has 0 spiro atoms. The topological polar surface area (TPSA) is 83.6 Å². The Balaban J connectivity index is 2.74. The molecule has 0 aromatic rings. The number of carbonyl (C=O) groups is 2. The highest BCUT2D eigenvalue weighted by Crippen LogP contribution is 2.24. The maximum Gasteiger partial charge on any atom is 0.323 e. The molecule has 0 heterocycles. The molecule has 0 radical (unpaired) electrons. The fourth-order valence-electron chi connectivity index (χ4n) is 2.23. The fourth-order valence-corrected chi connectivity index (χ4v) is 2.23. The first-order valence-electron chi connectivity index (χ1n) is 6.21. The van der Waals surface area contributed by atoms with E-state index in [4.69, 9.17) is 10.8 Å². The van der Waals surface area contributed by atoms with E-state index in [-0.39, 0.29) is 24.4 Å². The zero-order valence-electron chi connectivity index (χ0n) is 10.6. The minimum Gasteiger partial charge on any atom is -0.480 e. The molecule has 0 unspecified atom stereocenters. The maximum absolute atomic E-state index is 12.1. The van der Waals surface area contributed by atoms with Crippen molar-refractivity contribution >= 4 is 11.9 Å². The molecule has 0 bridgehead atoms. The van der Waals surface area contributed by atoms with Crippen LogP contribution in [0.2, 0.25) is 0 Å². The molecule has 0 aliphatic heterocycles. The van der Waals surface area contributed by atoms with Gasteiger partial charge in [0.1, 0.15) is 6.54 Å². The summed E-state index contributed by atoms with van der Waals surface area (Å²) in [7, 11) is 0. The third kappa shape index (κ3) is 3.70. The van der Waals surface area contributed by atoms with Gasteiger partial charge in [0.05, 0.1) is 6.04 Å². The van der Waals surface area contributed by atoms with Crippen LogP contribution < -0.4 is 5.73 Å². The Labute approximate surface area is 102 Å². The molecule has 17 heavy (non-hydrogen) atoms. The van der Waals surface area contributed by atoms with Gasteiger partial charge < -0.3 is 15.7 Å². The molecule has 1 rings (SSSR count). The minimum absolute atomic E-state index is 0.0280. The van der Waals surface area contributed by atoms with Gasteiger partial charge >= 0.3 is 5.97 Å². The third-order valence-corrected chi connectivity index (χ3v) is 3.36. The Bertz CT molecular complexity index is 285. The molecule has 1 atom stereocenters. The lowest BCUT2D eigenvalue weighted by Gasteiger charge is -2.31. The zero-order chi connectivity index (χ0) is 13.0. The SMILES string of the molecule is CC(C)[C@@H](N)C(=O)N(CC(=O)O)C1CCCC1. The first-order valence-corrected chi connectivity index (χ1v) is 6.21. The van der Waals surface area contributed by atoms with E-state index in [2.05, 4.69) is 0 Å². The number of aliphatic carboxylic acids is 1. The third-order valence-electron chi connectivity index (χ3n) is 3.36. The highest BCUT2D eigenvalue weighted by Gasteiger charge is 2.32. The van der Waals surface area contributed by atoms with Crippen LogP contribution in [0, 0.1) is 5.92 Å². The number of amides is 1. The van der Waals surface area contributed by atoms with Gasteiger partial charge in [-0.15, -0.1) is 0 Å². The average molecular weight is 242 g/mol. The normalized spacial score (nSPS) is 18.4. The number of hydrogen-bond acceptors (Lipinski definition) is 3. The summed E-state index contributed by atoms with van der Waals surface area (Å²) in [6.07, 6.45) is 3.91. The lowest BCUT2D eigenvalue weighted by Crippen LogP contribution is -2.51. The Morgan fingerprint density at radius 3 is 2.29 bits per heavy atom. The zero-order valence-corrected chi connectivity index (χ0v) is 10.6. The number of rotatable bonds is 5. The summed E-state index contributed by atoms with van der Waals surface area (Å²) in [6.45, 7) is 3.51. The van der Waals surface area contributed by atoms with E-state index in [9.17, 15) is 9.59 Å². The molecule has 3 N–H and O–H groups in total. The van der Waals surface area contributed by atoms with Crippen molar-refractivity contribution in [2.75, 3.05) is 6.54 Å². The van der Waals surface area contributed by atoms with Crippen molar-refractivity contribution in [3.63, 3.8) is 0 Å². The van der Waals surface area contributed by atoms with Crippen LogP contribution in [0.5, 0.6) is 0 Å². The van der Waals surface area contributed by atoms with Crippen molar-refractivity contribution in [1.29, 1.82) is 0 Å². The van der Waals surface area contributed by atoms with Gasteiger partial charge in [-0.1, -0.05) is 26.7 Å². The molecule has 1 aliphatic carbocycles. The number of carboxylic acid groups (broad SMARTS) is 1. The van der Waals surface area contributed by atoms with Gasteiger partial charge in [-0.25, -0.2) is 0 Å². The first kappa shape index (κ1) is 14.0. The predicted octanol–water partition coefficient (Wildman–Crippen LogP) is 0.825. The quantitative estimate of drug-likeness (QED) is 0.747. The lowest BCUT2D eigenvalue weighted by atomic mass is 10.0. The van der Waals surface area contributed by atoms with Gasteiger partial charge in [-0.05, 0) is 18.8 Å². The summed E-state index contributed by atoms with van der Waals surface area (Å²) in [5.41, 5.74) is 5.82. The van der Waals surface area contributed by atoms with E-state index in [0.29, 0.717) is 0 Å². The van der Waals surface area contributed by atoms with Gasteiger partial charge in [0, 0.05) is 6.04 Å². The first-order chi connectivity index (χ1) is 7.93. The molecule has 0 aromatic carbocycles. The van der Waals surface area contributed by atoms with Crippen molar-refractivity contribution in [3.05, 3.63) is 0 Å². The number of nitrogens with two attached hydrogens (primary N) is 1. The van der Waals surface area contributed by atoms with Crippen LogP contribution in [0.15, 0.2) is 0 Å². The molecular formula is C12H22N2O3. The van der Waals surface area contributed by atoms with Crippen LogP contribution in [0.25, 0.3) is 0 Å². The molecule has 1 fully saturated rings. The standard InChI is InChI=1S/C12H22N2O3/c1-8(2)11(13)12(17)14(7-10(15)16)9-5-3-4-6-9/h8-9,11H,3-7,13H2,1-2H3,(H,15,16)/t11-/m1/s1. The summed E-state index contributed by atoms with van der Waals surface area (Å²) in [5.74, 6) is -1.17. The summed E-state index contributed by atoms with van der Waals surface area (Å²) in [4.78, 5) is 24.4. The van der Waals surface area contributed by atoms with Crippen LogP contribution in [-0.2, 0) is 9.59 Å². The molecule has 1 aliphatic rings. The molecule has 5 heteroatoms. The largest absolute Gasteiger partial charge is 0.480 e. The van der Waals surface area contributed by atoms with Crippen LogP contribution >= 0.6 is 0 Å². The van der Waals surface area contributed by atoms with E-state index < -0.39 is 12.0 Å². The molecular weight excluding hydrogens is 220 g/mol. The Hall–Kier alpha value is -1.10. The Morgan fingerprint density at radius 1 is 1.35 bits per heavy atom. The van der Waals surface area contributed by atoms with Crippen molar-refractivity contribution in [1.82, 2.24) is 4.90 Å². The van der Waals surface area contributed by atoms with E-state index >= 15 is 0 Å². The molecule has 5 nitrogen and oxygen atoms in total. The van der Waals surface area contributed by atoms with Crippen molar-refractivity contribution in [2.45, 2.75) is 51.6 Å². The second-order valence-corrected chi connectivity index (χ2v) is 5.07. The summed E-state index contributed by atoms with van der Waals surface area (Å²) in [5, 5.41) is 8.88. The molecule has 1 amide bonds. The van der Waals surface area contributed by atoms with Crippen LogP contribution in [0.1, 0.15) is 39.5 Å². The maximum atomic E-state index is 12.1. The summed E-state index contributed by atoms with van der Waals surface area (Å²) >= 11 is 0. The fraction of sp³-hybridized carbons (Fsp3) is 0.833. The lowest BCUT2D eigenvalue weighted by molar-refractivity contribution is -0.147. The van der Waals surface area contributed by atoms with Gasteiger partial charge in [0.25, 0.3) is 0 Å². The van der Waals surface area contributed by atoms with Gasteiger partial charge in [-0.3, -0.25) is 9.59 Å². The van der Waals surface area contributed by atoms with Gasteiger partial charge in [-0.2, -0.15) is 0 Å². The minimum atomic E-state index is -0.971. The van der Waals surface area contributed by atoms with E-state index in [1.54, 1.807) is 0 Å². The smallest absolute Gasteiger partial charge is 0.323 e. The van der Waals surface area contributed by atoms with E-state index in [1.807, 2.05) is 13.8 Å². The summed E-state index contributed by atoms with van der Waals surface area (Å²) in [6, 6.07) is -0.543. The van der Waals surface area contributed by atoms with Crippen molar-refractivity contribution in [3.8, 4) is 0 Å². The number of nitrogens with zero attached hydrogens (tertiary/aromatic N) is 1. The monoisotopic (exact) mass is 242 g/mol. The molecule has 98 valence electrons. The number of hydrogen-bond donors (Lipinski definition) is 2. The van der Waals surface area contributed by atoms with Crippen molar-refractivity contribution < 1.29 is 14.7 Å². The molecule has 0 saturated heterocycles. The van der Waals surface area contributed by atoms with Crippen molar-refractivity contribution in [2.24, 2.45) is 11.7 Å². The van der Waals surface area contributed by atoms with Crippen LogP contribution in [0.3, 0.4) is 0 Å². The van der Waals surface area contributed by atoms with E-state index in [1.165, 1.54) is 4.90 Å². The second kappa shape index (κ2) is 6.00. The highest BCUT2D eigenvalue weighted by molar-refractivity contribution is 5.85. The highest BCUT2D eigenvalue weighted by atomic mass is 16.4. The average Bonchev–Trinajstić information content (AvgIpc) is 2.76. The number of carboxylic acids is 1.